The van der Waals surface area contributed by atoms with E-state index in [0.717, 1.165) is 44.1 Å². The van der Waals surface area contributed by atoms with Gasteiger partial charge in [-0.15, -0.1) is 0 Å². The quantitative estimate of drug-likeness (QED) is 0.312. The van der Waals surface area contributed by atoms with Gasteiger partial charge in [0, 0.05) is 0 Å². The van der Waals surface area contributed by atoms with Crippen molar-refractivity contribution in [1.82, 2.24) is 0 Å². The van der Waals surface area contributed by atoms with Crippen LogP contribution in [0.25, 0.3) is 0 Å². The molecule has 27 heavy (non-hydrogen) atoms. The standard InChI is InChI=1S/C24H40O3/c1-23(2,3)16-10-6-8-12-20-14-15-21(22(26)18-20)13-9-7-11-17-24(4,5)27-19-25/h14-15,18-19,26H,6-13,16-17H2,1-5H3. The Morgan fingerprint density at radius 2 is 1.52 bits per heavy atom. The number of hydrogen-bond donors (Lipinski definition) is 1. The highest BCUT2D eigenvalue weighted by atomic mass is 16.5. The number of hydrogen-bond acceptors (Lipinski definition) is 3. The van der Waals surface area contributed by atoms with E-state index in [2.05, 4.69) is 32.9 Å². The minimum absolute atomic E-state index is 0.377. The first kappa shape index (κ1) is 23.5. The van der Waals surface area contributed by atoms with Crippen LogP contribution in [0.1, 0.15) is 97.1 Å². The Balaban J connectivity index is 2.27. The van der Waals surface area contributed by atoms with Gasteiger partial charge in [-0.2, -0.15) is 0 Å². The van der Waals surface area contributed by atoms with Gasteiger partial charge >= 0.3 is 0 Å². The van der Waals surface area contributed by atoms with Crippen LogP contribution in [0.2, 0.25) is 0 Å². The summed E-state index contributed by atoms with van der Waals surface area (Å²) in [6, 6.07) is 6.19. The minimum Gasteiger partial charge on any atom is -0.508 e. The molecule has 0 atom stereocenters. The van der Waals surface area contributed by atoms with Crippen molar-refractivity contribution >= 4 is 6.47 Å². The number of phenols is 1. The third-order valence-electron chi connectivity index (χ3n) is 5.13. The minimum atomic E-state index is -0.377. The molecule has 0 fully saturated rings. The first-order valence-electron chi connectivity index (χ1n) is 10.6. The van der Waals surface area contributed by atoms with E-state index in [9.17, 15) is 9.90 Å². The van der Waals surface area contributed by atoms with Crippen molar-refractivity contribution in [2.24, 2.45) is 5.41 Å². The number of unbranched alkanes of at least 4 members (excludes halogenated alkanes) is 4. The molecule has 0 amide bonds. The molecule has 0 heterocycles. The molecule has 0 radical (unpaired) electrons. The van der Waals surface area contributed by atoms with Crippen LogP contribution in [0, 0.1) is 5.41 Å². The first-order chi connectivity index (χ1) is 12.6. The van der Waals surface area contributed by atoms with E-state index < -0.39 is 0 Å². The van der Waals surface area contributed by atoms with Crippen molar-refractivity contribution in [3.63, 3.8) is 0 Å². The van der Waals surface area contributed by atoms with Gasteiger partial charge < -0.3 is 9.84 Å². The normalized spacial score (nSPS) is 12.2. The number of ether oxygens (including phenoxy) is 1. The smallest absolute Gasteiger partial charge is 0.293 e. The Bertz CT molecular complexity index is 555. The topological polar surface area (TPSA) is 46.5 Å². The molecule has 0 bridgehead atoms. The van der Waals surface area contributed by atoms with Crippen LogP contribution in [0.5, 0.6) is 5.75 Å². The van der Waals surface area contributed by atoms with Gasteiger partial charge in [-0.1, -0.05) is 52.2 Å². The number of phenolic OH excluding ortho intramolecular Hbond substituents is 1. The summed E-state index contributed by atoms with van der Waals surface area (Å²) in [5, 5.41) is 10.3. The highest BCUT2D eigenvalue weighted by molar-refractivity contribution is 5.38. The zero-order valence-corrected chi connectivity index (χ0v) is 18.1. The predicted molar refractivity (Wildman–Crippen MR) is 113 cm³/mol. The van der Waals surface area contributed by atoms with Crippen LogP contribution in [-0.2, 0) is 22.4 Å². The maximum atomic E-state index is 10.4. The van der Waals surface area contributed by atoms with Gasteiger partial charge in [0.25, 0.3) is 6.47 Å². The van der Waals surface area contributed by atoms with Crippen molar-refractivity contribution in [2.45, 2.75) is 104 Å². The number of rotatable bonds is 13. The average molecular weight is 377 g/mol. The molecule has 1 aromatic carbocycles. The van der Waals surface area contributed by atoms with E-state index in [0.29, 0.717) is 17.6 Å². The number of benzene rings is 1. The molecule has 0 unspecified atom stereocenters. The van der Waals surface area contributed by atoms with Crippen molar-refractivity contribution < 1.29 is 14.6 Å². The maximum Gasteiger partial charge on any atom is 0.293 e. The number of carbonyl (C=O) groups excluding carboxylic acids is 1. The fraction of sp³-hybridized carbons (Fsp3) is 0.708. The Morgan fingerprint density at radius 3 is 2.11 bits per heavy atom. The zero-order valence-electron chi connectivity index (χ0n) is 18.1. The summed E-state index contributed by atoms with van der Waals surface area (Å²) in [4.78, 5) is 10.4. The molecular weight excluding hydrogens is 336 g/mol. The Hall–Kier alpha value is -1.51. The second-order valence-electron chi connectivity index (χ2n) is 9.62. The van der Waals surface area contributed by atoms with Gasteiger partial charge in [-0.3, -0.25) is 4.79 Å². The lowest BCUT2D eigenvalue weighted by atomic mass is 9.89. The highest BCUT2D eigenvalue weighted by Gasteiger charge is 2.17. The van der Waals surface area contributed by atoms with Gasteiger partial charge in [0.15, 0.2) is 0 Å². The van der Waals surface area contributed by atoms with E-state index in [1.165, 1.54) is 31.2 Å². The molecule has 3 heteroatoms. The molecule has 0 saturated carbocycles. The summed E-state index contributed by atoms with van der Waals surface area (Å²) in [5.41, 5.74) is 2.32. The van der Waals surface area contributed by atoms with Crippen LogP contribution in [0.4, 0.5) is 0 Å². The highest BCUT2D eigenvalue weighted by Crippen LogP contribution is 2.25. The average Bonchev–Trinajstić information content (AvgIpc) is 2.54. The lowest BCUT2D eigenvalue weighted by Gasteiger charge is -2.22. The van der Waals surface area contributed by atoms with Gasteiger partial charge in [0.1, 0.15) is 11.4 Å². The van der Waals surface area contributed by atoms with E-state index in [1.54, 1.807) is 0 Å². The largest absolute Gasteiger partial charge is 0.508 e. The monoisotopic (exact) mass is 376 g/mol. The van der Waals surface area contributed by atoms with Crippen LogP contribution >= 0.6 is 0 Å². The van der Waals surface area contributed by atoms with Gasteiger partial charge in [-0.25, -0.2) is 0 Å². The second kappa shape index (κ2) is 11.4. The van der Waals surface area contributed by atoms with Crippen molar-refractivity contribution in [3.8, 4) is 5.75 Å². The molecule has 1 aromatic rings. The Kier molecular flexibility index (Phi) is 9.90. The molecule has 1 N–H and O–H groups in total. The molecule has 0 aliphatic heterocycles. The lowest BCUT2D eigenvalue weighted by Crippen LogP contribution is -2.23. The summed E-state index contributed by atoms with van der Waals surface area (Å²) in [6.07, 6.45) is 10.9. The van der Waals surface area contributed by atoms with Crippen LogP contribution in [0.3, 0.4) is 0 Å². The third kappa shape index (κ3) is 11.0. The molecule has 0 aromatic heterocycles. The van der Waals surface area contributed by atoms with E-state index >= 15 is 0 Å². The van der Waals surface area contributed by atoms with Gasteiger partial charge in [0.2, 0.25) is 0 Å². The maximum absolute atomic E-state index is 10.4. The first-order valence-corrected chi connectivity index (χ1v) is 10.6. The lowest BCUT2D eigenvalue weighted by molar-refractivity contribution is -0.140. The fourth-order valence-corrected chi connectivity index (χ4v) is 3.37. The van der Waals surface area contributed by atoms with Crippen LogP contribution in [0.15, 0.2) is 18.2 Å². The molecule has 0 aliphatic rings. The molecule has 0 saturated heterocycles. The van der Waals surface area contributed by atoms with Gasteiger partial charge in [-0.05, 0) is 81.4 Å². The molecule has 154 valence electrons. The third-order valence-corrected chi connectivity index (χ3v) is 5.13. The van der Waals surface area contributed by atoms with E-state index in [-0.39, 0.29) is 5.60 Å². The zero-order chi connectivity index (χ0) is 20.3. The van der Waals surface area contributed by atoms with Crippen molar-refractivity contribution in [1.29, 1.82) is 0 Å². The number of carbonyl (C=O) groups is 1. The second-order valence-corrected chi connectivity index (χ2v) is 9.62. The fourth-order valence-electron chi connectivity index (χ4n) is 3.37. The van der Waals surface area contributed by atoms with Crippen LogP contribution < -0.4 is 0 Å². The number of aromatic hydroxyl groups is 1. The summed E-state index contributed by atoms with van der Waals surface area (Å²) >= 11 is 0. The summed E-state index contributed by atoms with van der Waals surface area (Å²) in [5.74, 6) is 0.437. The summed E-state index contributed by atoms with van der Waals surface area (Å²) in [7, 11) is 0. The van der Waals surface area contributed by atoms with Crippen molar-refractivity contribution in [2.75, 3.05) is 0 Å². The number of aryl methyl sites for hydroxylation is 2. The summed E-state index contributed by atoms with van der Waals surface area (Å²) in [6.45, 7) is 11.3. The predicted octanol–water partition coefficient (Wildman–Crippen LogP) is 6.60. The van der Waals surface area contributed by atoms with Gasteiger partial charge in [0.05, 0.1) is 0 Å². The van der Waals surface area contributed by atoms with Crippen molar-refractivity contribution in [3.05, 3.63) is 29.3 Å². The Morgan fingerprint density at radius 1 is 0.889 bits per heavy atom. The molecule has 0 spiro atoms. The Labute approximate surface area is 166 Å². The molecule has 3 nitrogen and oxygen atoms in total. The van der Waals surface area contributed by atoms with E-state index in [4.69, 9.17) is 4.74 Å². The molecule has 1 rings (SSSR count). The van der Waals surface area contributed by atoms with Crippen LogP contribution in [-0.4, -0.2) is 17.2 Å². The van der Waals surface area contributed by atoms with E-state index in [1.807, 2.05) is 19.9 Å². The summed E-state index contributed by atoms with van der Waals surface area (Å²) < 4.78 is 5.07. The SMILES string of the molecule is CC(C)(C)CCCCCc1ccc(CCCCCC(C)(C)OC=O)c(O)c1. The molecule has 0 aliphatic carbocycles. The molecular formula is C24H40O3.